The molecule has 14 heavy (non-hydrogen) atoms. The van der Waals surface area contributed by atoms with Crippen LogP contribution < -0.4 is 5.32 Å². The molecule has 1 aromatic heterocycles. The second-order valence-corrected chi connectivity index (χ2v) is 5.29. The minimum absolute atomic E-state index is 0.950. The zero-order valence-corrected chi connectivity index (χ0v) is 9.97. The van der Waals surface area contributed by atoms with Crippen molar-refractivity contribution >= 4 is 33.2 Å². The lowest BCUT2D eigenvalue weighted by atomic mass is 10.2. The third-order valence-electron chi connectivity index (χ3n) is 2.17. The van der Waals surface area contributed by atoms with Crippen LogP contribution in [-0.4, -0.2) is 13.3 Å². The van der Waals surface area contributed by atoms with Gasteiger partial charge in [-0.2, -0.15) is 0 Å². The number of benzene rings is 1. The van der Waals surface area contributed by atoms with Gasteiger partial charge in [0, 0.05) is 11.2 Å². The van der Waals surface area contributed by atoms with Crippen molar-refractivity contribution in [3.05, 3.63) is 29.8 Å². The van der Waals surface area contributed by atoms with Crippen LogP contribution in [0.4, 0.5) is 0 Å². The van der Waals surface area contributed by atoms with Gasteiger partial charge in [-0.1, -0.05) is 18.2 Å². The van der Waals surface area contributed by atoms with Gasteiger partial charge in [0.2, 0.25) is 0 Å². The van der Waals surface area contributed by atoms with Gasteiger partial charge in [0.15, 0.2) is 0 Å². The first-order valence-corrected chi connectivity index (χ1v) is 6.59. The van der Waals surface area contributed by atoms with E-state index in [4.69, 9.17) is 0 Å². The maximum Gasteiger partial charge on any atom is 0.0608 e. The molecule has 2 aromatic rings. The van der Waals surface area contributed by atoms with E-state index in [0.717, 1.165) is 6.54 Å². The summed E-state index contributed by atoms with van der Waals surface area (Å²) in [7, 11) is 1.99. The predicted molar refractivity (Wildman–Crippen MR) is 66.4 cm³/mol. The number of nitrogens with one attached hydrogen (secondary N) is 1. The Morgan fingerprint density at radius 1 is 1.43 bits per heavy atom. The first kappa shape index (κ1) is 10.0. The molecule has 0 spiro atoms. The van der Waals surface area contributed by atoms with Crippen LogP contribution in [0.1, 0.15) is 5.56 Å². The number of fused-ring (bicyclic) bond motifs is 1. The molecule has 0 amide bonds. The predicted octanol–water partition coefficient (Wildman–Crippen LogP) is 3.34. The van der Waals surface area contributed by atoms with Gasteiger partial charge in [-0.15, -0.1) is 23.1 Å². The van der Waals surface area contributed by atoms with Gasteiger partial charge in [0.25, 0.3) is 0 Å². The Morgan fingerprint density at radius 2 is 2.29 bits per heavy atom. The van der Waals surface area contributed by atoms with E-state index in [1.165, 1.54) is 19.9 Å². The van der Waals surface area contributed by atoms with Crippen molar-refractivity contribution in [1.29, 1.82) is 0 Å². The molecule has 3 heteroatoms. The summed E-state index contributed by atoms with van der Waals surface area (Å²) >= 11 is 3.71. The third-order valence-corrected chi connectivity index (χ3v) is 4.46. The molecule has 0 radical (unpaired) electrons. The minimum atomic E-state index is 0.950. The number of hydrogen-bond acceptors (Lipinski definition) is 3. The van der Waals surface area contributed by atoms with Crippen LogP contribution >= 0.6 is 23.1 Å². The Kier molecular flexibility index (Phi) is 3.11. The molecule has 1 heterocycles. The second-order valence-electron chi connectivity index (χ2n) is 3.14. The summed E-state index contributed by atoms with van der Waals surface area (Å²) in [5.41, 5.74) is 1.40. The highest BCUT2D eigenvalue weighted by molar-refractivity contribution is 8.00. The van der Waals surface area contributed by atoms with Crippen molar-refractivity contribution in [2.45, 2.75) is 10.8 Å². The summed E-state index contributed by atoms with van der Waals surface area (Å²) in [4.78, 5) is 0. The summed E-state index contributed by atoms with van der Waals surface area (Å²) in [6, 6.07) is 8.78. The summed E-state index contributed by atoms with van der Waals surface area (Å²) in [5, 5.41) is 4.57. The molecular weight excluding hydrogens is 210 g/mol. The van der Waals surface area contributed by atoms with Crippen molar-refractivity contribution in [3.8, 4) is 0 Å². The standard InChI is InChI=1S/C11H13NS2/c1-12-7-9-5-3-4-8-6-10(13-2)14-11(8)9/h3-6,12H,7H2,1-2H3. The largest absolute Gasteiger partial charge is 0.316 e. The molecule has 0 unspecified atom stereocenters. The Hall–Kier alpha value is -0.510. The highest BCUT2D eigenvalue weighted by Gasteiger charge is 2.04. The van der Waals surface area contributed by atoms with E-state index in [0.29, 0.717) is 0 Å². The van der Waals surface area contributed by atoms with Gasteiger partial charge in [-0.05, 0) is 30.3 Å². The van der Waals surface area contributed by atoms with Gasteiger partial charge in [0.05, 0.1) is 4.21 Å². The van der Waals surface area contributed by atoms with Gasteiger partial charge in [0.1, 0.15) is 0 Å². The first-order chi connectivity index (χ1) is 6.85. The number of thioether (sulfide) groups is 1. The smallest absolute Gasteiger partial charge is 0.0608 e. The van der Waals surface area contributed by atoms with Crippen LogP contribution in [0.3, 0.4) is 0 Å². The Bertz CT molecular complexity index is 434. The summed E-state index contributed by atoms with van der Waals surface area (Å²) in [6.45, 7) is 0.950. The van der Waals surface area contributed by atoms with E-state index in [1.807, 2.05) is 30.1 Å². The maximum atomic E-state index is 3.20. The SMILES string of the molecule is CNCc1cccc2cc(SC)sc12. The molecule has 0 atom stereocenters. The van der Waals surface area contributed by atoms with Gasteiger partial charge in [-0.3, -0.25) is 0 Å². The summed E-state index contributed by atoms with van der Waals surface area (Å²) in [5.74, 6) is 0. The van der Waals surface area contributed by atoms with Crippen LogP contribution in [0.5, 0.6) is 0 Å². The van der Waals surface area contributed by atoms with Crippen LogP contribution in [0.25, 0.3) is 10.1 Å². The third kappa shape index (κ3) is 1.80. The molecule has 0 fully saturated rings. The van der Waals surface area contributed by atoms with Gasteiger partial charge < -0.3 is 5.32 Å². The second kappa shape index (κ2) is 4.34. The molecule has 0 saturated carbocycles. The fourth-order valence-electron chi connectivity index (χ4n) is 1.53. The van der Waals surface area contributed by atoms with Crippen LogP contribution in [0.15, 0.2) is 28.5 Å². The Labute approximate surface area is 92.5 Å². The van der Waals surface area contributed by atoms with Crippen molar-refractivity contribution in [3.63, 3.8) is 0 Å². The molecule has 74 valence electrons. The average molecular weight is 223 g/mol. The number of thiophene rings is 1. The summed E-state index contributed by atoms with van der Waals surface area (Å²) < 4.78 is 2.81. The lowest BCUT2D eigenvalue weighted by Crippen LogP contribution is -2.04. The van der Waals surface area contributed by atoms with Gasteiger partial charge >= 0.3 is 0 Å². The monoisotopic (exact) mass is 223 g/mol. The molecule has 0 aliphatic carbocycles. The highest BCUT2D eigenvalue weighted by Crippen LogP contribution is 2.33. The zero-order valence-electron chi connectivity index (χ0n) is 8.33. The Balaban J connectivity index is 2.55. The number of rotatable bonds is 3. The van der Waals surface area contributed by atoms with Crippen LogP contribution in [-0.2, 0) is 6.54 Å². The zero-order chi connectivity index (χ0) is 9.97. The molecular formula is C11H13NS2. The van der Waals surface area contributed by atoms with Crippen LogP contribution in [0, 0.1) is 0 Å². The van der Waals surface area contributed by atoms with Crippen LogP contribution in [0.2, 0.25) is 0 Å². The van der Waals surface area contributed by atoms with E-state index >= 15 is 0 Å². The number of hydrogen-bond donors (Lipinski definition) is 1. The topological polar surface area (TPSA) is 12.0 Å². The molecule has 0 saturated heterocycles. The highest BCUT2D eigenvalue weighted by atomic mass is 32.2. The molecule has 0 bridgehead atoms. The molecule has 0 aliphatic heterocycles. The maximum absolute atomic E-state index is 3.20. The summed E-state index contributed by atoms with van der Waals surface area (Å²) in [6.07, 6.45) is 2.13. The normalized spacial score (nSPS) is 11.0. The van der Waals surface area contributed by atoms with E-state index < -0.39 is 0 Å². The Morgan fingerprint density at radius 3 is 3.00 bits per heavy atom. The van der Waals surface area contributed by atoms with Crippen molar-refractivity contribution in [1.82, 2.24) is 5.32 Å². The average Bonchev–Trinajstić information content (AvgIpc) is 2.62. The molecule has 2 rings (SSSR count). The van der Waals surface area contributed by atoms with E-state index in [2.05, 4.69) is 35.8 Å². The molecule has 1 N–H and O–H groups in total. The lowest BCUT2D eigenvalue weighted by molar-refractivity contribution is 0.825. The molecule has 1 nitrogen and oxygen atoms in total. The van der Waals surface area contributed by atoms with Gasteiger partial charge in [-0.25, -0.2) is 0 Å². The van der Waals surface area contributed by atoms with Crippen molar-refractivity contribution in [2.24, 2.45) is 0 Å². The van der Waals surface area contributed by atoms with Crippen molar-refractivity contribution in [2.75, 3.05) is 13.3 Å². The van der Waals surface area contributed by atoms with E-state index in [1.54, 1.807) is 0 Å². The first-order valence-electron chi connectivity index (χ1n) is 4.55. The van der Waals surface area contributed by atoms with E-state index in [9.17, 15) is 0 Å². The fourth-order valence-corrected chi connectivity index (χ4v) is 3.26. The lowest BCUT2D eigenvalue weighted by Gasteiger charge is -2.00. The molecule has 0 aliphatic rings. The minimum Gasteiger partial charge on any atom is -0.316 e. The molecule has 1 aromatic carbocycles. The van der Waals surface area contributed by atoms with Crippen molar-refractivity contribution < 1.29 is 0 Å². The quantitative estimate of drug-likeness (QED) is 0.801. The van der Waals surface area contributed by atoms with E-state index in [-0.39, 0.29) is 0 Å². The fraction of sp³-hybridized carbons (Fsp3) is 0.273.